The first-order valence-corrected chi connectivity index (χ1v) is 12.1. The lowest BCUT2D eigenvalue weighted by molar-refractivity contribution is -0.142. The SMILES string of the molecule is NCC1CCCC(C2CCN(C(=O)C3CCCC4CNCC(B(O)O)C43)CC2)C1. The Morgan fingerprint density at radius 3 is 2.41 bits per heavy atom. The van der Waals surface area contributed by atoms with Gasteiger partial charge in [0, 0.05) is 24.8 Å². The van der Waals surface area contributed by atoms with Gasteiger partial charge in [0.15, 0.2) is 0 Å². The number of likely N-dealkylation sites (tertiary alicyclic amines) is 1. The van der Waals surface area contributed by atoms with Gasteiger partial charge in [-0.1, -0.05) is 19.3 Å². The summed E-state index contributed by atoms with van der Waals surface area (Å²) in [6.07, 6.45) is 10.6. The van der Waals surface area contributed by atoms with Crippen LogP contribution in [0.25, 0.3) is 0 Å². The largest absolute Gasteiger partial charge is 0.456 e. The predicted octanol–water partition coefficient (Wildman–Crippen LogP) is 1.47. The first-order chi connectivity index (χ1) is 14.1. The summed E-state index contributed by atoms with van der Waals surface area (Å²) in [6.45, 7) is 4.10. The van der Waals surface area contributed by atoms with Crippen LogP contribution in [-0.2, 0) is 4.79 Å². The number of piperidine rings is 2. The van der Waals surface area contributed by atoms with Gasteiger partial charge in [0.2, 0.25) is 5.91 Å². The van der Waals surface area contributed by atoms with Crippen molar-refractivity contribution in [1.82, 2.24) is 10.2 Å². The summed E-state index contributed by atoms with van der Waals surface area (Å²) in [5.41, 5.74) is 5.93. The number of amides is 1. The van der Waals surface area contributed by atoms with Crippen molar-refractivity contribution >= 4 is 13.0 Å². The number of nitrogens with zero attached hydrogens (tertiary/aromatic N) is 1. The highest BCUT2D eigenvalue weighted by Gasteiger charge is 2.48. The zero-order chi connectivity index (χ0) is 20.4. The van der Waals surface area contributed by atoms with E-state index in [1.54, 1.807) is 0 Å². The van der Waals surface area contributed by atoms with Gasteiger partial charge < -0.3 is 26.0 Å². The number of carbonyl (C=O) groups excluding carboxylic acids is 1. The van der Waals surface area contributed by atoms with Crippen molar-refractivity contribution in [2.45, 2.75) is 63.6 Å². The standard InChI is InChI=1S/C22H40BN3O3/c24-12-15-3-1-4-17(11-15)16-7-9-26(10-8-16)22(27)19-6-2-5-18-13-25-14-20(21(18)19)23(28)29/h15-21,25,28-29H,1-14,24H2. The van der Waals surface area contributed by atoms with Gasteiger partial charge >= 0.3 is 7.12 Å². The third-order valence-corrected chi connectivity index (χ3v) is 8.75. The Morgan fingerprint density at radius 1 is 0.966 bits per heavy atom. The van der Waals surface area contributed by atoms with Gasteiger partial charge in [-0.15, -0.1) is 0 Å². The Balaban J connectivity index is 1.36. The van der Waals surface area contributed by atoms with E-state index in [-0.39, 0.29) is 23.6 Å². The maximum Gasteiger partial charge on any atom is 0.456 e. The molecular formula is C22H40BN3O3. The van der Waals surface area contributed by atoms with Crippen molar-refractivity contribution in [1.29, 1.82) is 0 Å². The van der Waals surface area contributed by atoms with E-state index in [9.17, 15) is 14.8 Å². The average molecular weight is 405 g/mol. The molecule has 6 atom stereocenters. The highest BCUT2D eigenvalue weighted by molar-refractivity contribution is 6.43. The van der Waals surface area contributed by atoms with E-state index in [0.717, 1.165) is 70.1 Å². The van der Waals surface area contributed by atoms with E-state index in [0.29, 0.717) is 18.4 Å². The van der Waals surface area contributed by atoms with Crippen molar-refractivity contribution in [2.24, 2.45) is 41.2 Å². The Kier molecular flexibility index (Phi) is 7.20. The second kappa shape index (κ2) is 9.67. The maximum atomic E-state index is 13.5. The lowest BCUT2D eigenvalue weighted by Crippen LogP contribution is -2.54. The minimum Gasteiger partial charge on any atom is -0.427 e. The molecule has 0 aromatic heterocycles. The second-order valence-corrected chi connectivity index (χ2v) is 10.3. The maximum absolute atomic E-state index is 13.5. The summed E-state index contributed by atoms with van der Waals surface area (Å²) in [5.74, 6) is 2.78. The van der Waals surface area contributed by atoms with Gasteiger partial charge in [0.05, 0.1) is 0 Å². The van der Waals surface area contributed by atoms with Gasteiger partial charge in [-0.3, -0.25) is 4.79 Å². The van der Waals surface area contributed by atoms with Crippen molar-refractivity contribution in [3.8, 4) is 0 Å². The molecule has 0 spiro atoms. The number of hydrogen-bond acceptors (Lipinski definition) is 5. The topological polar surface area (TPSA) is 98.8 Å². The van der Waals surface area contributed by atoms with E-state index >= 15 is 0 Å². The molecule has 6 unspecified atom stereocenters. The lowest BCUT2D eigenvalue weighted by atomic mass is 9.53. The lowest BCUT2D eigenvalue weighted by Gasteiger charge is -2.47. The molecule has 2 aliphatic carbocycles. The van der Waals surface area contributed by atoms with Gasteiger partial charge in [-0.25, -0.2) is 0 Å². The molecule has 4 fully saturated rings. The predicted molar refractivity (Wildman–Crippen MR) is 115 cm³/mol. The monoisotopic (exact) mass is 405 g/mol. The van der Waals surface area contributed by atoms with Crippen LogP contribution in [0.3, 0.4) is 0 Å². The minimum absolute atomic E-state index is 0.0319. The Bertz CT molecular complexity index is 553. The van der Waals surface area contributed by atoms with Crippen LogP contribution in [0.1, 0.15) is 57.8 Å². The molecule has 29 heavy (non-hydrogen) atoms. The van der Waals surface area contributed by atoms with Gasteiger partial charge in [-0.2, -0.15) is 0 Å². The van der Waals surface area contributed by atoms with Crippen LogP contribution < -0.4 is 11.1 Å². The molecule has 2 aliphatic heterocycles. The highest BCUT2D eigenvalue weighted by atomic mass is 16.4. The van der Waals surface area contributed by atoms with Crippen LogP contribution in [0, 0.1) is 35.5 Å². The third-order valence-electron chi connectivity index (χ3n) is 8.75. The zero-order valence-electron chi connectivity index (χ0n) is 17.8. The van der Waals surface area contributed by atoms with Crippen LogP contribution in [0.5, 0.6) is 0 Å². The number of carbonyl (C=O) groups is 1. The summed E-state index contributed by atoms with van der Waals surface area (Å²) in [4.78, 5) is 15.6. The smallest absolute Gasteiger partial charge is 0.427 e. The fourth-order valence-corrected chi connectivity index (χ4v) is 7.16. The molecule has 2 saturated heterocycles. The normalized spacial score (nSPS) is 39.1. The molecule has 0 radical (unpaired) electrons. The fourth-order valence-electron chi connectivity index (χ4n) is 7.16. The number of hydrogen-bond donors (Lipinski definition) is 4. The molecule has 7 heteroatoms. The molecule has 4 aliphatic rings. The molecule has 5 N–H and O–H groups in total. The molecule has 164 valence electrons. The first-order valence-electron chi connectivity index (χ1n) is 12.1. The summed E-state index contributed by atoms with van der Waals surface area (Å²) in [6, 6.07) is 0. The summed E-state index contributed by atoms with van der Waals surface area (Å²) >= 11 is 0. The quantitative estimate of drug-likeness (QED) is 0.531. The van der Waals surface area contributed by atoms with Crippen molar-refractivity contribution in [2.75, 3.05) is 32.7 Å². The van der Waals surface area contributed by atoms with E-state index < -0.39 is 7.12 Å². The minimum atomic E-state index is -1.34. The molecule has 0 aromatic rings. The average Bonchev–Trinajstić information content (AvgIpc) is 2.77. The van der Waals surface area contributed by atoms with Crippen molar-refractivity contribution < 1.29 is 14.8 Å². The number of nitrogens with one attached hydrogen (secondary N) is 1. The molecule has 4 rings (SSSR count). The van der Waals surface area contributed by atoms with Gasteiger partial charge in [0.25, 0.3) is 0 Å². The Morgan fingerprint density at radius 2 is 1.69 bits per heavy atom. The van der Waals surface area contributed by atoms with Crippen molar-refractivity contribution in [3.05, 3.63) is 0 Å². The number of nitrogens with two attached hydrogens (primary N) is 1. The van der Waals surface area contributed by atoms with Crippen molar-refractivity contribution in [3.63, 3.8) is 0 Å². The molecule has 2 saturated carbocycles. The fraction of sp³-hybridized carbons (Fsp3) is 0.955. The zero-order valence-corrected chi connectivity index (χ0v) is 17.8. The van der Waals surface area contributed by atoms with Crippen LogP contribution in [0.15, 0.2) is 0 Å². The first kappa shape index (κ1) is 21.6. The van der Waals surface area contributed by atoms with Crippen LogP contribution in [0.2, 0.25) is 5.82 Å². The molecule has 6 nitrogen and oxygen atoms in total. The second-order valence-electron chi connectivity index (χ2n) is 10.3. The van der Waals surface area contributed by atoms with Crippen LogP contribution in [0.4, 0.5) is 0 Å². The summed E-state index contributed by atoms with van der Waals surface area (Å²) in [5, 5.41) is 23.2. The molecule has 1 amide bonds. The molecule has 0 aromatic carbocycles. The molecule has 2 heterocycles. The summed E-state index contributed by atoms with van der Waals surface area (Å²) in [7, 11) is -1.34. The number of rotatable bonds is 4. The van der Waals surface area contributed by atoms with Gasteiger partial charge in [0.1, 0.15) is 0 Å². The molecular weight excluding hydrogens is 365 g/mol. The van der Waals surface area contributed by atoms with E-state index in [1.807, 2.05) is 0 Å². The van der Waals surface area contributed by atoms with Crippen LogP contribution >= 0.6 is 0 Å². The van der Waals surface area contributed by atoms with Gasteiger partial charge in [-0.05, 0) is 87.7 Å². The summed E-state index contributed by atoms with van der Waals surface area (Å²) < 4.78 is 0. The van der Waals surface area contributed by atoms with E-state index in [2.05, 4.69) is 10.2 Å². The number of fused-ring (bicyclic) bond motifs is 1. The Labute approximate surface area is 176 Å². The van der Waals surface area contributed by atoms with E-state index in [4.69, 9.17) is 5.73 Å². The molecule has 0 bridgehead atoms. The highest BCUT2D eigenvalue weighted by Crippen LogP contribution is 2.45. The van der Waals surface area contributed by atoms with Crippen LogP contribution in [-0.4, -0.2) is 60.7 Å². The van der Waals surface area contributed by atoms with E-state index in [1.165, 1.54) is 25.7 Å². The Hall–Kier alpha value is -0.625. The third kappa shape index (κ3) is 4.68.